The summed E-state index contributed by atoms with van der Waals surface area (Å²) in [5.41, 5.74) is 0. The van der Waals surface area contributed by atoms with Crippen molar-refractivity contribution >= 4 is 17.9 Å². The normalized spacial score (nSPS) is 10.4. The topological polar surface area (TPSA) is 173 Å². The van der Waals surface area contributed by atoms with Crippen molar-refractivity contribution < 1.29 is 45.0 Å². The van der Waals surface area contributed by atoms with Gasteiger partial charge in [0.1, 0.15) is 6.10 Å². The average Bonchev–Trinajstić information content (AvgIpc) is 2.90. The molecule has 0 radical (unpaired) electrons. The number of carbonyl (C=O) groups is 3. The number of hydrogen-bond donors (Lipinski definition) is 6. The Balaban J connectivity index is -0.000000581. The molecular formula is C30H60O9. The lowest BCUT2D eigenvalue weighted by atomic mass is 10.0. The predicted molar refractivity (Wildman–Crippen MR) is 155 cm³/mol. The second-order valence-electron chi connectivity index (χ2n) is 10.2. The third-order valence-electron chi connectivity index (χ3n) is 6.20. The minimum atomic E-state index is -0.954. The summed E-state index contributed by atoms with van der Waals surface area (Å²) in [5.74, 6) is -2.17. The van der Waals surface area contributed by atoms with Gasteiger partial charge in [0.25, 0.3) is 0 Å². The molecule has 0 rings (SSSR count). The van der Waals surface area contributed by atoms with Crippen LogP contribution in [0.25, 0.3) is 0 Å². The van der Waals surface area contributed by atoms with Gasteiger partial charge >= 0.3 is 17.9 Å². The molecule has 0 spiro atoms. The highest BCUT2D eigenvalue weighted by atomic mass is 16.4. The molecule has 0 aromatic rings. The first-order chi connectivity index (χ1) is 18.7. The van der Waals surface area contributed by atoms with Crippen LogP contribution >= 0.6 is 0 Å². The Morgan fingerprint density at radius 3 is 0.795 bits per heavy atom. The fraction of sp³-hybridized carbons (Fsp3) is 0.900. The monoisotopic (exact) mass is 564 g/mol. The maximum Gasteiger partial charge on any atom is 0.303 e. The van der Waals surface area contributed by atoms with Gasteiger partial charge in [0.05, 0.1) is 13.2 Å². The second-order valence-corrected chi connectivity index (χ2v) is 10.2. The first kappa shape index (κ1) is 41.8. The van der Waals surface area contributed by atoms with Gasteiger partial charge < -0.3 is 30.6 Å². The predicted octanol–water partition coefficient (Wildman–Crippen LogP) is 6.55. The molecule has 0 bridgehead atoms. The van der Waals surface area contributed by atoms with Crippen LogP contribution < -0.4 is 0 Å². The SMILES string of the molecule is CCCCCCCCCCCCCCCCCC(=O)O.O=C(O)CCCCCCCC(=O)O.OCC(O)CO. The molecule has 0 atom stereocenters. The van der Waals surface area contributed by atoms with E-state index in [0.717, 1.165) is 32.1 Å². The Labute approximate surface area is 237 Å². The number of aliphatic hydroxyl groups excluding tert-OH is 3. The standard InChI is InChI=1S/C18H36O2.C9H16O4.C3H8O3/c1-2-3-4-5-6-7-8-9-10-11-12-13-14-15-16-17-18(19)20;10-8(11)6-4-2-1-3-5-7-9(12)13;4-1-3(6)2-5/h2-17H2,1H3,(H,19,20);1-7H2,(H,10,11)(H,12,13);3-6H,1-2H2. The van der Waals surface area contributed by atoms with E-state index >= 15 is 0 Å². The van der Waals surface area contributed by atoms with E-state index in [1.807, 2.05) is 0 Å². The molecule has 9 nitrogen and oxygen atoms in total. The van der Waals surface area contributed by atoms with E-state index < -0.39 is 24.0 Å². The average molecular weight is 565 g/mol. The zero-order valence-corrected chi connectivity index (χ0v) is 24.7. The van der Waals surface area contributed by atoms with Crippen molar-refractivity contribution in [3.63, 3.8) is 0 Å². The zero-order chi connectivity index (χ0) is 30.0. The Morgan fingerprint density at radius 1 is 0.436 bits per heavy atom. The molecule has 0 saturated heterocycles. The van der Waals surface area contributed by atoms with Crippen molar-refractivity contribution in [3.05, 3.63) is 0 Å². The summed E-state index contributed by atoms with van der Waals surface area (Å²) >= 11 is 0. The lowest BCUT2D eigenvalue weighted by Gasteiger charge is -2.03. The molecule has 6 N–H and O–H groups in total. The molecule has 0 saturated carbocycles. The fourth-order valence-electron chi connectivity index (χ4n) is 3.79. The molecule has 0 amide bonds. The summed E-state index contributed by atoms with van der Waals surface area (Å²) in [6, 6.07) is 0. The van der Waals surface area contributed by atoms with E-state index in [2.05, 4.69) is 6.92 Å². The quantitative estimate of drug-likeness (QED) is 0.0637. The van der Waals surface area contributed by atoms with Crippen LogP contribution in [-0.4, -0.2) is 67.9 Å². The minimum Gasteiger partial charge on any atom is -0.481 e. The number of hydrogen-bond acceptors (Lipinski definition) is 6. The zero-order valence-electron chi connectivity index (χ0n) is 24.7. The Bertz CT molecular complexity index is 505. The lowest BCUT2D eigenvalue weighted by molar-refractivity contribution is -0.138. The van der Waals surface area contributed by atoms with Crippen molar-refractivity contribution in [2.24, 2.45) is 0 Å². The van der Waals surface area contributed by atoms with Gasteiger partial charge in [-0.15, -0.1) is 0 Å². The molecule has 0 aliphatic heterocycles. The third-order valence-corrected chi connectivity index (χ3v) is 6.20. The maximum absolute atomic E-state index is 10.3. The summed E-state index contributed by atoms with van der Waals surface area (Å²) in [6.45, 7) is 1.54. The number of unbranched alkanes of at least 4 members (excludes halogenated alkanes) is 18. The summed E-state index contributed by atoms with van der Waals surface area (Å²) in [5, 5.41) is 49.2. The van der Waals surface area contributed by atoms with Crippen LogP contribution in [0.1, 0.15) is 155 Å². The second kappa shape index (κ2) is 36.3. The Morgan fingerprint density at radius 2 is 0.641 bits per heavy atom. The van der Waals surface area contributed by atoms with Crippen LogP contribution in [0.15, 0.2) is 0 Å². The van der Waals surface area contributed by atoms with Gasteiger partial charge in [0, 0.05) is 19.3 Å². The summed E-state index contributed by atoms with van der Waals surface area (Å²) < 4.78 is 0. The third kappa shape index (κ3) is 49.7. The van der Waals surface area contributed by atoms with Crippen LogP contribution in [0.3, 0.4) is 0 Å². The van der Waals surface area contributed by atoms with Gasteiger partial charge in [-0.25, -0.2) is 0 Å². The van der Waals surface area contributed by atoms with Gasteiger partial charge in [-0.1, -0.05) is 116 Å². The Hall–Kier alpha value is -1.71. The van der Waals surface area contributed by atoms with Crippen LogP contribution in [0.4, 0.5) is 0 Å². The maximum atomic E-state index is 10.3. The van der Waals surface area contributed by atoms with Crippen LogP contribution in [0.2, 0.25) is 0 Å². The number of rotatable bonds is 26. The van der Waals surface area contributed by atoms with Gasteiger partial charge in [-0.05, 0) is 19.3 Å². The number of carboxylic acids is 3. The van der Waals surface area contributed by atoms with Crippen LogP contribution in [-0.2, 0) is 14.4 Å². The van der Waals surface area contributed by atoms with Crippen molar-refractivity contribution in [1.82, 2.24) is 0 Å². The van der Waals surface area contributed by atoms with E-state index in [9.17, 15) is 14.4 Å². The van der Waals surface area contributed by atoms with E-state index in [-0.39, 0.29) is 26.1 Å². The van der Waals surface area contributed by atoms with Crippen molar-refractivity contribution in [2.75, 3.05) is 13.2 Å². The molecule has 0 aliphatic rings. The highest BCUT2D eigenvalue weighted by Crippen LogP contribution is 2.13. The molecule has 0 aromatic carbocycles. The van der Waals surface area contributed by atoms with E-state index in [0.29, 0.717) is 19.3 Å². The minimum absolute atomic E-state index is 0.221. The van der Waals surface area contributed by atoms with Crippen molar-refractivity contribution in [3.8, 4) is 0 Å². The van der Waals surface area contributed by atoms with Gasteiger partial charge in [0.15, 0.2) is 0 Å². The Kier molecular flexibility index (Phi) is 38.9. The van der Waals surface area contributed by atoms with E-state index in [1.54, 1.807) is 0 Å². The largest absolute Gasteiger partial charge is 0.481 e. The highest BCUT2D eigenvalue weighted by Gasteiger charge is 1.99. The molecule has 0 aliphatic carbocycles. The van der Waals surface area contributed by atoms with E-state index in [4.69, 9.17) is 30.6 Å². The van der Waals surface area contributed by atoms with Crippen LogP contribution in [0.5, 0.6) is 0 Å². The number of carboxylic acid groups (broad SMARTS) is 3. The first-order valence-electron chi connectivity index (χ1n) is 15.3. The van der Waals surface area contributed by atoms with Gasteiger partial charge in [0.2, 0.25) is 0 Å². The van der Waals surface area contributed by atoms with Gasteiger partial charge in [-0.2, -0.15) is 0 Å². The summed E-state index contributed by atoms with van der Waals surface area (Å²) in [4.78, 5) is 30.5. The molecule has 0 fully saturated rings. The molecule has 234 valence electrons. The molecule has 0 aromatic heterocycles. The molecule has 0 unspecified atom stereocenters. The lowest BCUT2D eigenvalue weighted by Crippen LogP contribution is -2.15. The molecule has 39 heavy (non-hydrogen) atoms. The fourth-order valence-corrected chi connectivity index (χ4v) is 3.79. The van der Waals surface area contributed by atoms with Crippen molar-refractivity contribution in [2.45, 2.75) is 161 Å². The molecule has 0 heterocycles. The smallest absolute Gasteiger partial charge is 0.303 e. The summed E-state index contributed by atoms with van der Waals surface area (Å²) in [7, 11) is 0. The molecular weight excluding hydrogens is 504 g/mol. The first-order valence-corrected chi connectivity index (χ1v) is 15.3. The number of aliphatic hydroxyl groups is 3. The van der Waals surface area contributed by atoms with E-state index in [1.165, 1.54) is 83.5 Å². The van der Waals surface area contributed by atoms with Crippen LogP contribution in [0, 0.1) is 0 Å². The summed E-state index contributed by atoms with van der Waals surface area (Å²) in [6.07, 6.45) is 23.8. The molecule has 9 heteroatoms. The highest BCUT2D eigenvalue weighted by molar-refractivity contribution is 5.67. The van der Waals surface area contributed by atoms with Gasteiger partial charge in [-0.3, -0.25) is 14.4 Å². The number of aliphatic carboxylic acids is 3. The van der Waals surface area contributed by atoms with Crippen molar-refractivity contribution in [1.29, 1.82) is 0 Å².